The van der Waals surface area contributed by atoms with Crippen molar-refractivity contribution in [3.63, 3.8) is 0 Å². The smallest absolute Gasteiger partial charge is 0.170 e. The third kappa shape index (κ3) is 3.43. The van der Waals surface area contributed by atoms with Crippen molar-refractivity contribution in [1.29, 1.82) is 0 Å². The molecule has 0 bridgehead atoms. The summed E-state index contributed by atoms with van der Waals surface area (Å²) in [5, 5.41) is 0. The lowest BCUT2D eigenvalue weighted by atomic mass is 9.92. The van der Waals surface area contributed by atoms with Crippen molar-refractivity contribution in [1.82, 2.24) is 4.90 Å². The lowest BCUT2D eigenvalue weighted by molar-refractivity contribution is -0.153. The number of piperidine rings is 1. The number of rotatable bonds is 6. The fourth-order valence-corrected chi connectivity index (χ4v) is 3.50. The lowest BCUT2D eigenvalue weighted by Crippen LogP contribution is -2.47. The van der Waals surface area contributed by atoms with Crippen LogP contribution in [0.15, 0.2) is 0 Å². The molecule has 2 aliphatic rings. The first kappa shape index (κ1) is 13.3. The van der Waals surface area contributed by atoms with E-state index in [0.29, 0.717) is 0 Å². The summed E-state index contributed by atoms with van der Waals surface area (Å²) in [5.74, 6) is 0.952. The molecule has 2 fully saturated rings. The first-order valence-electron chi connectivity index (χ1n) is 7.32. The van der Waals surface area contributed by atoms with Gasteiger partial charge in [0.05, 0.1) is 0 Å². The molecule has 17 heavy (non-hydrogen) atoms. The molecule has 2 unspecified atom stereocenters. The van der Waals surface area contributed by atoms with E-state index in [9.17, 15) is 0 Å². The van der Waals surface area contributed by atoms with Gasteiger partial charge in [0.25, 0.3) is 0 Å². The summed E-state index contributed by atoms with van der Waals surface area (Å²) in [6, 6.07) is 0.812. The van der Waals surface area contributed by atoms with Gasteiger partial charge in [-0.1, -0.05) is 6.42 Å². The van der Waals surface area contributed by atoms with Crippen molar-refractivity contribution in [3.05, 3.63) is 0 Å². The standard InChI is InChI=1S/C14H27NO2/c1-3-16-14(17-4-2)11-15-10-6-8-12-7-5-9-13(12)15/h12-14H,3-11H2,1-2H3. The van der Waals surface area contributed by atoms with E-state index in [0.717, 1.165) is 31.7 Å². The Hall–Kier alpha value is -0.120. The highest BCUT2D eigenvalue weighted by atomic mass is 16.7. The lowest BCUT2D eigenvalue weighted by Gasteiger charge is -2.39. The van der Waals surface area contributed by atoms with Crippen LogP contribution in [0, 0.1) is 5.92 Å². The predicted octanol–water partition coefficient (Wildman–Crippen LogP) is 2.65. The molecule has 0 amide bonds. The number of hydrogen-bond acceptors (Lipinski definition) is 3. The zero-order valence-corrected chi connectivity index (χ0v) is 11.4. The SMILES string of the molecule is CCOC(CN1CCCC2CCCC21)OCC. The summed E-state index contributed by atoms with van der Waals surface area (Å²) in [6.07, 6.45) is 7.01. The number of nitrogens with zero attached hydrogens (tertiary/aromatic N) is 1. The van der Waals surface area contributed by atoms with Gasteiger partial charge < -0.3 is 9.47 Å². The van der Waals surface area contributed by atoms with E-state index in [-0.39, 0.29) is 6.29 Å². The highest BCUT2D eigenvalue weighted by Gasteiger charge is 2.35. The van der Waals surface area contributed by atoms with Crippen molar-refractivity contribution in [2.75, 3.05) is 26.3 Å². The highest BCUT2D eigenvalue weighted by Crippen LogP contribution is 2.36. The van der Waals surface area contributed by atoms with Gasteiger partial charge in [0, 0.05) is 25.8 Å². The topological polar surface area (TPSA) is 21.7 Å². The van der Waals surface area contributed by atoms with E-state index < -0.39 is 0 Å². The first-order chi connectivity index (χ1) is 8.35. The van der Waals surface area contributed by atoms with E-state index in [1.165, 1.54) is 38.6 Å². The normalized spacial score (nSPS) is 29.8. The van der Waals surface area contributed by atoms with E-state index in [1.807, 2.05) is 13.8 Å². The quantitative estimate of drug-likeness (QED) is 0.667. The van der Waals surface area contributed by atoms with Crippen molar-refractivity contribution in [2.24, 2.45) is 5.92 Å². The molecule has 1 heterocycles. The Morgan fingerprint density at radius 1 is 1.06 bits per heavy atom. The Morgan fingerprint density at radius 3 is 2.47 bits per heavy atom. The zero-order chi connectivity index (χ0) is 12.1. The third-order valence-corrected chi connectivity index (χ3v) is 4.20. The van der Waals surface area contributed by atoms with E-state index in [4.69, 9.17) is 9.47 Å². The van der Waals surface area contributed by atoms with Crippen LogP contribution >= 0.6 is 0 Å². The fraction of sp³-hybridized carbons (Fsp3) is 1.00. The predicted molar refractivity (Wildman–Crippen MR) is 69.0 cm³/mol. The third-order valence-electron chi connectivity index (χ3n) is 4.20. The molecule has 1 saturated carbocycles. The molecule has 0 N–H and O–H groups in total. The highest BCUT2D eigenvalue weighted by molar-refractivity contribution is 4.89. The average molecular weight is 241 g/mol. The van der Waals surface area contributed by atoms with Crippen molar-refractivity contribution >= 4 is 0 Å². The second-order valence-corrected chi connectivity index (χ2v) is 5.24. The Balaban J connectivity index is 1.86. The van der Waals surface area contributed by atoms with Crippen LogP contribution in [-0.4, -0.2) is 43.5 Å². The molecule has 3 nitrogen and oxygen atoms in total. The average Bonchev–Trinajstić information content (AvgIpc) is 2.79. The minimum absolute atomic E-state index is 0.0238. The Labute approximate surface area is 105 Å². The van der Waals surface area contributed by atoms with Crippen LogP contribution in [-0.2, 0) is 9.47 Å². The maximum Gasteiger partial charge on any atom is 0.170 e. The van der Waals surface area contributed by atoms with Crippen molar-refractivity contribution in [2.45, 2.75) is 58.3 Å². The molecule has 0 aromatic carbocycles. The van der Waals surface area contributed by atoms with Crippen LogP contribution in [0.2, 0.25) is 0 Å². The molecule has 1 aliphatic heterocycles. The number of likely N-dealkylation sites (tertiary alicyclic amines) is 1. The fourth-order valence-electron chi connectivity index (χ4n) is 3.50. The van der Waals surface area contributed by atoms with Gasteiger partial charge in [-0.15, -0.1) is 0 Å². The molecule has 0 aromatic rings. The Kier molecular flexibility index (Phi) is 5.26. The number of fused-ring (bicyclic) bond motifs is 1. The van der Waals surface area contributed by atoms with Crippen LogP contribution in [0.25, 0.3) is 0 Å². The molecule has 3 heteroatoms. The summed E-state index contributed by atoms with van der Waals surface area (Å²) >= 11 is 0. The van der Waals surface area contributed by atoms with Crippen LogP contribution in [0.4, 0.5) is 0 Å². The van der Waals surface area contributed by atoms with E-state index >= 15 is 0 Å². The molecule has 100 valence electrons. The van der Waals surface area contributed by atoms with Gasteiger partial charge in [0.2, 0.25) is 0 Å². The summed E-state index contributed by atoms with van der Waals surface area (Å²) < 4.78 is 11.3. The molecular weight excluding hydrogens is 214 g/mol. The van der Waals surface area contributed by atoms with Gasteiger partial charge in [-0.2, -0.15) is 0 Å². The molecule has 0 aromatic heterocycles. The van der Waals surface area contributed by atoms with E-state index in [1.54, 1.807) is 0 Å². The summed E-state index contributed by atoms with van der Waals surface area (Å²) in [4.78, 5) is 2.62. The van der Waals surface area contributed by atoms with Crippen molar-refractivity contribution < 1.29 is 9.47 Å². The van der Waals surface area contributed by atoms with Gasteiger partial charge >= 0.3 is 0 Å². The molecular formula is C14H27NO2. The van der Waals surface area contributed by atoms with Crippen molar-refractivity contribution in [3.8, 4) is 0 Å². The Bertz CT molecular complexity index is 216. The minimum atomic E-state index is -0.0238. The van der Waals surface area contributed by atoms with Crippen LogP contribution in [0.5, 0.6) is 0 Å². The molecule has 1 aliphatic carbocycles. The largest absolute Gasteiger partial charge is 0.352 e. The number of ether oxygens (including phenoxy) is 2. The van der Waals surface area contributed by atoms with Crippen LogP contribution in [0.1, 0.15) is 46.0 Å². The second kappa shape index (κ2) is 6.72. The first-order valence-corrected chi connectivity index (χ1v) is 7.32. The molecule has 0 radical (unpaired) electrons. The maximum atomic E-state index is 5.67. The van der Waals surface area contributed by atoms with Crippen LogP contribution in [0.3, 0.4) is 0 Å². The Morgan fingerprint density at radius 2 is 1.76 bits per heavy atom. The molecule has 2 atom stereocenters. The zero-order valence-electron chi connectivity index (χ0n) is 11.4. The summed E-state index contributed by atoms with van der Waals surface area (Å²) in [5.41, 5.74) is 0. The number of hydrogen-bond donors (Lipinski definition) is 0. The summed E-state index contributed by atoms with van der Waals surface area (Å²) in [7, 11) is 0. The van der Waals surface area contributed by atoms with E-state index in [2.05, 4.69) is 4.90 Å². The van der Waals surface area contributed by atoms with Gasteiger partial charge in [-0.3, -0.25) is 4.90 Å². The van der Waals surface area contributed by atoms with Gasteiger partial charge in [0.15, 0.2) is 6.29 Å². The van der Waals surface area contributed by atoms with Gasteiger partial charge in [-0.25, -0.2) is 0 Å². The van der Waals surface area contributed by atoms with Gasteiger partial charge in [0.1, 0.15) is 0 Å². The molecule has 0 spiro atoms. The molecule has 2 rings (SSSR count). The van der Waals surface area contributed by atoms with Gasteiger partial charge in [-0.05, 0) is 52.0 Å². The molecule has 1 saturated heterocycles. The summed E-state index contributed by atoms with van der Waals surface area (Å²) in [6.45, 7) is 7.76. The maximum absolute atomic E-state index is 5.67. The monoisotopic (exact) mass is 241 g/mol. The van der Waals surface area contributed by atoms with Crippen LogP contribution < -0.4 is 0 Å². The second-order valence-electron chi connectivity index (χ2n) is 5.24. The minimum Gasteiger partial charge on any atom is -0.352 e.